The van der Waals surface area contributed by atoms with Gasteiger partial charge in [-0.1, -0.05) is 12.1 Å². The van der Waals surface area contributed by atoms with Gasteiger partial charge in [0.05, 0.1) is 6.61 Å². The smallest absolute Gasteiger partial charge is 0.159 e. The Hall–Kier alpha value is -1.94. The van der Waals surface area contributed by atoms with Gasteiger partial charge in [-0.3, -0.25) is 0 Å². The van der Waals surface area contributed by atoms with Crippen LogP contribution in [0.2, 0.25) is 0 Å². The Balaban J connectivity index is 2.19. The molecule has 0 bridgehead atoms. The number of nitrogens with two attached hydrogens (primary N) is 1. The molecule has 0 fully saturated rings. The van der Waals surface area contributed by atoms with Crippen LogP contribution >= 0.6 is 0 Å². The zero-order chi connectivity index (χ0) is 13.7. The van der Waals surface area contributed by atoms with Crippen molar-refractivity contribution < 1.29 is 4.74 Å². The summed E-state index contributed by atoms with van der Waals surface area (Å²) in [5, 5.41) is 0. The second-order valence-corrected chi connectivity index (χ2v) is 4.56. The molecule has 0 radical (unpaired) electrons. The van der Waals surface area contributed by atoms with Gasteiger partial charge in [-0.15, -0.1) is 0 Å². The van der Waals surface area contributed by atoms with E-state index < -0.39 is 0 Å². The van der Waals surface area contributed by atoms with Gasteiger partial charge in [0.2, 0.25) is 0 Å². The maximum Gasteiger partial charge on any atom is 0.159 e. The lowest BCUT2D eigenvalue weighted by molar-refractivity contribution is 0.340. The molecule has 1 atom stereocenters. The number of hydrogen-bond acceptors (Lipinski definition) is 4. The van der Waals surface area contributed by atoms with Crippen molar-refractivity contribution in [3.8, 4) is 17.1 Å². The maximum atomic E-state index is 5.75. The summed E-state index contributed by atoms with van der Waals surface area (Å²) in [5.74, 6) is 1.54. The first-order valence-corrected chi connectivity index (χ1v) is 6.48. The molecule has 0 spiro atoms. The quantitative estimate of drug-likeness (QED) is 0.893. The Morgan fingerprint density at radius 3 is 2.63 bits per heavy atom. The molecule has 1 unspecified atom stereocenters. The first kappa shape index (κ1) is 13.5. The summed E-state index contributed by atoms with van der Waals surface area (Å²) in [6.07, 6.45) is 4.46. The zero-order valence-electron chi connectivity index (χ0n) is 11.3. The van der Waals surface area contributed by atoms with Crippen LogP contribution < -0.4 is 10.5 Å². The van der Waals surface area contributed by atoms with E-state index in [0.717, 1.165) is 23.3 Å². The fraction of sp³-hybridized carbons (Fsp3) is 0.333. The van der Waals surface area contributed by atoms with Crippen LogP contribution in [0.25, 0.3) is 11.4 Å². The predicted molar refractivity (Wildman–Crippen MR) is 76.0 cm³/mol. The van der Waals surface area contributed by atoms with E-state index in [2.05, 4.69) is 9.97 Å². The van der Waals surface area contributed by atoms with Gasteiger partial charge < -0.3 is 10.5 Å². The molecule has 0 saturated heterocycles. The maximum absolute atomic E-state index is 5.75. The third-order valence-corrected chi connectivity index (χ3v) is 2.67. The van der Waals surface area contributed by atoms with Gasteiger partial charge in [0.1, 0.15) is 5.75 Å². The fourth-order valence-corrected chi connectivity index (χ4v) is 1.87. The van der Waals surface area contributed by atoms with Crippen molar-refractivity contribution in [2.24, 2.45) is 5.73 Å². The second-order valence-electron chi connectivity index (χ2n) is 4.56. The number of ether oxygens (including phenoxy) is 1. The Kier molecular flexibility index (Phi) is 4.47. The van der Waals surface area contributed by atoms with Crippen LogP contribution in [0.4, 0.5) is 0 Å². The minimum absolute atomic E-state index is 0.121. The first-order chi connectivity index (χ1) is 9.19. The van der Waals surface area contributed by atoms with Crippen LogP contribution in [0.5, 0.6) is 5.75 Å². The molecule has 0 saturated carbocycles. The van der Waals surface area contributed by atoms with E-state index in [1.807, 2.05) is 50.5 Å². The molecule has 1 aromatic carbocycles. The van der Waals surface area contributed by atoms with Crippen molar-refractivity contribution in [1.82, 2.24) is 9.97 Å². The Morgan fingerprint density at radius 1 is 1.26 bits per heavy atom. The van der Waals surface area contributed by atoms with Crippen LogP contribution in [-0.2, 0) is 6.42 Å². The third-order valence-electron chi connectivity index (χ3n) is 2.67. The second kappa shape index (κ2) is 6.29. The van der Waals surface area contributed by atoms with Crippen molar-refractivity contribution in [2.45, 2.75) is 26.3 Å². The van der Waals surface area contributed by atoms with Crippen LogP contribution in [0.3, 0.4) is 0 Å². The average molecular weight is 257 g/mol. The van der Waals surface area contributed by atoms with Crippen molar-refractivity contribution in [3.63, 3.8) is 0 Å². The highest BCUT2D eigenvalue weighted by Crippen LogP contribution is 2.20. The molecule has 2 rings (SSSR count). The topological polar surface area (TPSA) is 61.0 Å². The molecule has 19 heavy (non-hydrogen) atoms. The monoisotopic (exact) mass is 257 g/mol. The molecule has 2 aromatic rings. The number of rotatable bonds is 5. The van der Waals surface area contributed by atoms with Gasteiger partial charge in [-0.05, 0) is 38.0 Å². The molecule has 4 nitrogen and oxygen atoms in total. The van der Waals surface area contributed by atoms with E-state index in [9.17, 15) is 0 Å². The summed E-state index contributed by atoms with van der Waals surface area (Å²) in [4.78, 5) is 8.76. The molecule has 1 aromatic heterocycles. The molecule has 1 heterocycles. The van der Waals surface area contributed by atoms with Crippen molar-refractivity contribution in [3.05, 3.63) is 42.2 Å². The van der Waals surface area contributed by atoms with E-state index in [-0.39, 0.29) is 6.04 Å². The molecular formula is C15H19N3O. The first-order valence-electron chi connectivity index (χ1n) is 6.48. The predicted octanol–water partition coefficient (Wildman–Crippen LogP) is 2.43. The molecular weight excluding hydrogens is 238 g/mol. The summed E-state index contributed by atoms with van der Waals surface area (Å²) in [6, 6.07) is 7.92. The molecule has 4 heteroatoms. The fourth-order valence-electron chi connectivity index (χ4n) is 1.87. The van der Waals surface area contributed by atoms with Crippen molar-refractivity contribution in [2.75, 3.05) is 6.61 Å². The van der Waals surface area contributed by atoms with Gasteiger partial charge >= 0.3 is 0 Å². The average Bonchev–Trinajstić information content (AvgIpc) is 2.40. The minimum Gasteiger partial charge on any atom is -0.494 e. The summed E-state index contributed by atoms with van der Waals surface area (Å²) in [6.45, 7) is 4.59. The van der Waals surface area contributed by atoms with Gasteiger partial charge in [0.25, 0.3) is 0 Å². The number of benzene rings is 1. The number of hydrogen-bond donors (Lipinski definition) is 1. The Morgan fingerprint density at radius 2 is 2.00 bits per heavy atom. The van der Waals surface area contributed by atoms with Crippen molar-refractivity contribution >= 4 is 0 Å². The van der Waals surface area contributed by atoms with Crippen LogP contribution in [-0.4, -0.2) is 22.6 Å². The molecule has 0 aliphatic rings. The summed E-state index contributed by atoms with van der Waals surface area (Å²) in [5.41, 5.74) is 7.77. The highest BCUT2D eigenvalue weighted by atomic mass is 16.5. The highest BCUT2D eigenvalue weighted by Gasteiger charge is 2.04. The van der Waals surface area contributed by atoms with Crippen molar-refractivity contribution in [1.29, 1.82) is 0 Å². The van der Waals surface area contributed by atoms with Gasteiger partial charge in [-0.2, -0.15) is 0 Å². The third kappa shape index (κ3) is 3.76. The molecule has 0 aliphatic heterocycles. The highest BCUT2D eigenvalue weighted by molar-refractivity contribution is 5.57. The summed E-state index contributed by atoms with van der Waals surface area (Å²) >= 11 is 0. The van der Waals surface area contributed by atoms with E-state index in [1.165, 1.54) is 0 Å². The number of nitrogens with zero attached hydrogens (tertiary/aromatic N) is 2. The Labute approximate surface area is 113 Å². The van der Waals surface area contributed by atoms with Gasteiger partial charge in [0, 0.05) is 24.0 Å². The Bertz CT molecular complexity index is 523. The SMILES string of the molecule is CCOc1cccc(-c2ncc(CC(C)N)cn2)c1. The summed E-state index contributed by atoms with van der Waals surface area (Å²) in [7, 11) is 0. The lowest BCUT2D eigenvalue weighted by atomic mass is 10.1. The number of aromatic nitrogens is 2. The lowest BCUT2D eigenvalue weighted by Gasteiger charge is -2.07. The standard InChI is InChI=1S/C15H19N3O/c1-3-19-14-6-4-5-13(8-14)15-17-9-12(10-18-15)7-11(2)16/h4-6,8-11H,3,7,16H2,1-2H3. The van der Waals surface area contributed by atoms with Crippen LogP contribution in [0, 0.1) is 0 Å². The summed E-state index contributed by atoms with van der Waals surface area (Å²) < 4.78 is 5.47. The normalized spacial score (nSPS) is 12.2. The van der Waals surface area contributed by atoms with Crippen LogP contribution in [0.15, 0.2) is 36.7 Å². The van der Waals surface area contributed by atoms with E-state index >= 15 is 0 Å². The van der Waals surface area contributed by atoms with E-state index in [0.29, 0.717) is 12.4 Å². The molecule has 2 N–H and O–H groups in total. The van der Waals surface area contributed by atoms with Crippen LogP contribution in [0.1, 0.15) is 19.4 Å². The lowest BCUT2D eigenvalue weighted by Crippen LogP contribution is -2.18. The zero-order valence-corrected chi connectivity index (χ0v) is 11.3. The largest absolute Gasteiger partial charge is 0.494 e. The van der Waals surface area contributed by atoms with Gasteiger partial charge in [0.15, 0.2) is 5.82 Å². The molecule has 0 amide bonds. The molecule has 0 aliphatic carbocycles. The van der Waals surface area contributed by atoms with Gasteiger partial charge in [-0.25, -0.2) is 9.97 Å². The molecule has 100 valence electrons. The van der Waals surface area contributed by atoms with E-state index in [1.54, 1.807) is 0 Å². The van der Waals surface area contributed by atoms with E-state index in [4.69, 9.17) is 10.5 Å². The minimum atomic E-state index is 0.121.